The van der Waals surface area contributed by atoms with Crippen molar-refractivity contribution in [2.45, 2.75) is 45.6 Å². The molecule has 8 nitrogen and oxygen atoms in total. The van der Waals surface area contributed by atoms with E-state index in [9.17, 15) is 9.59 Å². The number of aryl methyl sites for hydroxylation is 2. The van der Waals surface area contributed by atoms with Gasteiger partial charge in [0.1, 0.15) is 17.6 Å². The first-order valence-electron chi connectivity index (χ1n) is 8.66. The maximum Gasteiger partial charge on any atom is 0.270 e. The maximum absolute atomic E-state index is 12.8. The van der Waals surface area contributed by atoms with Gasteiger partial charge in [-0.1, -0.05) is 0 Å². The van der Waals surface area contributed by atoms with Crippen molar-refractivity contribution in [2.24, 2.45) is 0 Å². The topological polar surface area (TPSA) is 89.4 Å². The van der Waals surface area contributed by atoms with E-state index in [1.54, 1.807) is 30.5 Å². The standard InChI is InChI=1S/C18H21N5O3/c1-10-17-22(3)18(25)14(4-5-23(17)9-20-10)21-16(24)15-6-13-11(2)26-8-12(13)7-19-15/h6-7,9,11,14H,4-5,8H2,1-3H3,(H,21,24). The van der Waals surface area contributed by atoms with Gasteiger partial charge in [0.2, 0.25) is 0 Å². The molecule has 4 rings (SSSR count). The molecule has 2 amide bonds. The van der Waals surface area contributed by atoms with Crippen LogP contribution in [0.15, 0.2) is 18.6 Å². The van der Waals surface area contributed by atoms with Gasteiger partial charge >= 0.3 is 0 Å². The van der Waals surface area contributed by atoms with Crippen molar-refractivity contribution in [1.82, 2.24) is 19.9 Å². The van der Waals surface area contributed by atoms with E-state index >= 15 is 0 Å². The molecule has 0 saturated heterocycles. The fraction of sp³-hybridized carbons (Fsp3) is 0.444. The highest BCUT2D eigenvalue weighted by atomic mass is 16.5. The summed E-state index contributed by atoms with van der Waals surface area (Å²) in [5.74, 6) is 0.270. The molecule has 2 unspecified atom stereocenters. The Kier molecular flexibility index (Phi) is 3.99. The molecule has 2 aliphatic rings. The second kappa shape index (κ2) is 6.21. The predicted octanol–water partition coefficient (Wildman–Crippen LogP) is 1.34. The molecule has 0 radical (unpaired) electrons. The number of carbonyl (C=O) groups is 2. The molecule has 26 heavy (non-hydrogen) atoms. The van der Waals surface area contributed by atoms with Crippen LogP contribution in [0.25, 0.3) is 0 Å². The highest BCUT2D eigenvalue weighted by Crippen LogP contribution is 2.30. The van der Waals surface area contributed by atoms with Crippen molar-refractivity contribution >= 4 is 17.6 Å². The van der Waals surface area contributed by atoms with Crippen LogP contribution in [0.5, 0.6) is 0 Å². The van der Waals surface area contributed by atoms with Gasteiger partial charge in [-0.2, -0.15) is 0 Å². The van der Waals surface area contributed by atoms with Crippen LogP contribution >= 0.6 is 0 Å². The Labute approximate surface area is 151 Å². The normalized spacial score (nSPS) is 22.0. The zero-order valence-electron chi connectivity index (χ0n) is 15.0. The molecular weight excluding hydrogens is 334 g/mol. The number of fused-ring (bicyclic) bond motifs is 2. The van der Waals surface area contributed by atoms with Crippen molar-refractivity contribution in [3.05, 3.63) is 41.1 Å². The predicted molar refractivity (Wildman–Crippen MR) is 93.7 cm³/mol. The summed E-state index contributed by atoms with van der Waals surface area (Å²) < 4.78 is 7.49. The molecule has 0 aromatic carbocycles. The summed E-state index contributed by atoms with van der Waals surface area (Å²) in [6, 6.07) is 1.15. The Morgan fingerprint density at radius 1 is 1.38 bits per heavy atom. The second-order valence-electron chi connectivity index (χ2n) is 6.78. The van der Waals surface area contributed by atoms with Crippen molar-refractivity contribution in [1.29, 1.82) is 0 Å². The van der Waals surface area contributed by atoms with Crippen LogP contribution in [0.4, 0.5) is 5.82 Å². The highest BCUT2D eigenvalue weighted by molar-refractivity contribution is 6.01. The van der Waals surface area contributed by atoms with Gasteiger partial charge in [-0.25, -0.2) is 4.98 Å². The first kappa shape index (κ1) is 16.7. The van der Waals surface area contributed by atoms with Crippen LogP contribution < -0.4 is 10.2 Å². The summed E-state index contributed by atoms with van der Waals surface area (Å²) in [6.07, 6.45) is 3.85. The minimum Gasteiger partial charge on any atom is -0.369 e. The van der Waals surface area contributed by atoms with Crippen LogP contribution in [0.3, 0.4) is 0 Å². The van der Waals surface area contributed by atoms with Gasteiger partial charge in [-0.3, -0.25) is 19.5 Å². The molecule has 0 saturated carbocycles. The third-order valence-electron chi connectivity index (χ3n) is 5.08. The summed E-state index contributed by atoms with van der Waals surface area (Å²) in [4.78, 5) is 35.5. The molecule has 1 N–H and O–H groups in total. The molecule has 2 aromatic heterocycles. The minimum absolute atomic E-state index is 0.0495. The number of ether oxygens (including phenoxy) is 1. The Morgan fingerprint density at radius 3 is 3.00 bits per heavy atom. The third-order valence-corrected chi connectivity index (χ3v) is 5.08. The minimum atomic E-state index is -0.601. The zero-order chi connectivity index (χ0) is 18.4. The average molecular weight is 355 g/mol. The van der Waals surface area contributed by atoms with E-state index in [0.717, 1.165) is 22.6 Å². The van der Waals surface area contributed by atoms with Gasteiger partial charge in [0, 0.05) is 25.4 Å². The van der Waals surface area contributed by atoms with Crippen LogP contribution in [0.2, 0.25) is 0 Å². The lowest BCUT2D eigenvalue weighted by atomic mass is 10.1. The maximum atomic E-state index is 12.8. The molecule has 2 atom stereocenters. The number of nitrogens with zero attached hydrogens (tertiary/aromatic N) is 4. The Bertz CT molecular complexity index is 891. The summed E-state index contributed by atoms with van der Waals surface area (Å²) in [5.41, 5.74) is 3.08. The largest absolute Gasteiger partial charge is 0.369 e. The lowest BCUT2D eigenvalue weighted by molar-refractivity contribution is -0.120. The molecule has 8 heteroatoms. The third kappa shape index (κ3) is 2.66. The number of hydrogen-bond acceptors (Lipinski definition) is 5. The van der Waals surface area contributed by atoms with E-state index in [1.807, 2.05) is 18.4 Å². The van der Waals surface area contributed by atoms with Gasteiger partial charge in [-0.05, 0) is 31.9 Å². The first-order valence-corrected chi connectivity index (χ1v) is 8.66. The van der Waals surface area contributed by atoms with Gasteiger partial charge in [0.25, 0.3) is 11.8 Å². The summed E-state index contributed by atoms with van der Waals surface area (Å²) >= 11 is 0. The number of amides is 2. The van der Waals surface area contributed by atoms with E-state index in [2.05, 4.69) is 15.3 Å². The fourth-order valence-electron chi connectivity index (χ4n) is 3.60. The van der Waals surface area contributed by atoms with E-state index in [-0.39, 0.29) is 17.9 Å². The lowest BCUT2D eigenvalue weighted by Crippen LogP contribution is -2.47. The van der Waals surface area contributed by atoms with Crippen molar-refractivity contribution < 1.29 is 14.3 Å². The molecular formula is C18H21N5O3. The Morgan fingerprint density at radius 2 is 2.19 bits per heavy atom. The molecule has 2 aromatic rings. The fourth-order valence-corrected chi connectivity index (χ4v) is 3.60. The number of pyridine rings is 1. The van der Waals surface area contributed by atoms with Crippen molar-refractivity contribution in [3.63, 3.8) is 0 Å². The van der Waals surface area contributed by atoms with E-state index in [4.69, 9.17) is 4.74 Å². The van der Waals surface area contributed by atoms with Crippen LogP contribution in [0, 0.1) is 6.92 Å². The molecule has 2 aliphatic heterocycles. The summed E-state index contributed by atoms with van der Waals surface area (Å²) in [5, 5.41) is 2.84. The van der Waals surface area contributed by atoms with Crippen LogP contribution in [-0.2, 0) is 22.7 Å². The van der Waals surface area contributed by atoms with Gasteiger partial charge in [-0.15, -0.1) is 0 Å². The van der Waals surface area contributed by atoms with Crippen LogP contribution in [0.1, 0.15) is 46.8 Å². The molecule has 0 bridgehead atoms. The van der Waals surface area contributed by atoms with E-state index in [0.29, 0.717) is 25.3 Å². The zero-order valence-corrected chi connectivity index (χ0v) is 15.0. The number of aromatic nitrogens is 3. The monoisotopic (exact) mass is 355 g/mol. The molecule has 4 heterocycles. The van der Waals surface area contributed by atoms with Gasteiger partial charge < -0.3 is 14.6 Å². The van der Waals surface area contributed by atoms with Gasteiger partial charge in [0.05, 0.1) is 24.7 Å². The molecule has 0 aliphatic carbocycles. The van der Waals surface area contributed by atoms with Crippen molar-refractivity contribution in [3.8, 4) is 0 Å². The average Bonchev–Trinajstić information content (AvgIpc) is 3.16. The Hall–Kier alpha value is -2.74. The van der Waals surface area contributed by atoms with E-state index < -0.39 is 6.04 Å². The number of carbonyl (C=O) groups excluding carboxylic acids is 2. The Balaban J connectivity index is 1.53. The molecule has 0 fully saturated rings. The number of anilines is 1. The number of likely N-dealkylation sites (N-methyl/N-ethyl adjacent to an activating group) is 1. The quantitative estimate of drug-likeness (QED) is 0.878. The van der Waals surface area contributed by atoms with E-state index in [1.165, 1.54) is 0 Å². The number of nitrogens with one attached hydrogen (secondary N) is 1. The SMILES string of the molecule is Cc1ncn2c1N(C)C(=O)C(NC(=O)c1cc3c(cn1)COC3C)CC2. The second-order valence-corrected chi connectivity index (χ2v) is 6.78. The lowest BCUT2D eigenvalue weighted by Gasteiger charge is -2.21. The number of imidazole rings is 1. The first-order chi connectivity index (χ1) is 12.5. The highest BCUT2D eigenvalue weighted by Gasteiger charge is 2.31. The number of rotatable bonds is 2. The summed E-state index contributed by atoms with van der Waals surface area (Å²) in [7, 11) is 1.71. The smallest absolute Gasteiger partial charge is 0.270 e. The molecule has 0 spiro atoms. The van der Waals surface area contributed by atoms with Crippen LogP contribution in [-0.4, -0.2) is 39.4 Å². The molecule has 136 valence electrons. The number of hydrogen-bond donors (Lipinski definition) is 1. The summed E-state index contributed by atoms with van der Waals surface area (Å²) in [6.45, 7) is 4.94. The van der Waals surface area contributed by atoms with Gasteiger partial charge in [0.15, 0.2) is 0 Å². The van der Waals surface area contributed by atoms with Crippen molar-refractivity contribution in [2.75, 3.05) is 11.9 Å².